The van der Waals surface area contributed by atoms with Gasteiger partial charge in [0.25, 0.3) is 0 Å². The first-order valence-corrected chi connectivity index (χ1v) is 11.0. The van der Waals surface area contributed by atoms with Crippen LogP contribution in [0.15, 0.2) is 53.9 Å². The molecule has 0 aliphatic carbocycles. The van der Waals surface area contributed by atoms with Gasteiger partial charge in [0.05, 0.1) is 19.3 Å². The lowest BCUT2D eigenvalue weighted by molar-refractivity contribution is 0.143. The molecule has 2 amide bonds. The van der Waals surface area contributed by atoms with Crippen LogP contribution in [0.3, 0.4) is 0 Å². The zero-order valence-electron chi connectivity index (χ0n) is 16.7. The number of carbonyl (C=O) groups excluding carboxylic acids is 1. The minimum atomic E-state index is -0.0703. The van der Waals surface area contributed by atoms with E-state index in [-0.39, 0.29) is 6.03 Å². The molecule has 0 spiro atoms. The van der Waals surface area contributed by atoms with Gasteiger partial charge in [-0.15, -0.1) is 11.3 Å². The molecule has 1 saturated heterocycles. The number of amides is 2. The molecule has 0 bridgehead atoms. The van der Waals surface area contributed by atoms with Gasteiger partial charge in [-0.25, -0.2) is 9.78 Å². The third kappa shape index (κ3) is 5.11. The second-order valence-corrected chi connectivity index (χ2v) is 8.43. The molecule has 8 heteroatoms. The number of anilines is 1. The van der Waals surface area contributed by atoms with E-state index in [1.54, 1.807) is 18.4 Å². The Labute approximate surface area is 185 Å². The van der Waals surface area contributed by atoms with Crippen molar-refractivity contribution in [2.24, 2.45) is 0 Å². The Hall–Kier alpha value is -2.61. The zero-order chi connectivity index (χ0) is 20.9. The van der Waals surface area contributed by atoms with Crippen molar-refractivity contribution in [1.29, 1.82) is 0 Å². The molecule has 1 fully saturated rings. The van der Waals surface area contributed by atoms with Gasteiger partial charge in [-0.05, 0) is 36.4 Å². The number of nitrogens with one attached hydrogen (secondary N) is 1. The number of halogens is 1. The first kappa shape index (κ1) is 20.7. The van der Waals surface area contributed by atoms with Gasteiger partial charge in [-0.3, -0.25) is 4.90 Å². The number of hydrogen-bond acceptors (Lipinski definition) is 5. The number of piperazine rings is 1. The molecule has 156 valence electrons. The van der Waals surface area contributed by atoms with E-state index in [0.717, 1.165) is 52.4 Å². The van der Waals surface area contributed by atoms with Crippen LogP contribution in [-0.4, -0.2) is 54.1 Å². The van der Waals surface area contributed by atoms with Crippen molar-refractivity contribution < 1.29 is 9.53 Å². The molecule has 1 aromatic heterocycles. The molecule has 0 radical (unpaired) electrons. The Morgan fingerprint density at radius 3 is 2.47 bits per heavy atom. The molecule has 1 N–H and O–H groups in total. The summed E-state index contributed by atoms with van der Waals surface area (Å²) in [6, 6.07) is 15.0. The van der Waals surface area contributed by atoms with E-state index in [9.17, 15) is 4.79 Å². The van der Waals surface area contributed by atoms with Gasteiger partial charge < -0.3 is 15.0 Å². The first-order valence-electron chi connectivity index (χ1n) is 9.73. The number of hydrogen-bond donors (Lipinski definition) is 1. The Bertz CT molecular complexity index is 983. The normalized spacial score (nSPS) is 14.5. The SMILES string of the molecule is COc1ccc(NC(=O)N2CCN(Cc3nc(-c4ccc(Cl)cc4)cs3)CC2)cc1. The third-order valence-corrected chi connectivity index (χ3v) is 6.14. The molecule has 2 heterocycles. The average Bonchev–Trinajstić information content (AvgIpc) is 3.23. The van der Waals surface area contributed by atoms with Crippen molar-refractivity contribution >= 4 is 34.7 Å². The van der Waals surface area contributed by atoms with Crippen LogP contribution in [0.5, 0.6) is 5.75 Å². The van der Waals surface area contributed by atoms with Crippen molar-refractivity contribution in [1.82, 2.24) is 14.8 Å². The van der Waals surface area contributed by atoms with Crippen LogP contribution in [0.2, 0.25) is 5.02 Å². The Morgan fingerprint density at radius 1 is 1.10 bits per heavy atom. The summed E-state index contributed by atoms with van der Waals surface area (Å²) in [5.41, 5.74) is 2.81. The van der Waals surface area contributed by atoms with Gasteiger partial charge in [-0.2, -0.15) is 0 Å². The Balaban J connectivity index is 1.27. The summed E-state index contributed by atoms with van der Waals surface area (Å²) in [7, 11) is 1.62. The first-order chi connectivity index (χ1) is 14.6. The molecule has 6 nitrogen and oxygen atoms in total. The molecular formula is C22H23ClN4O2S. The fourth-order valence-electron chi connectivity index (χ4n) is 3.31. The van der Waals surface area contributed by atoms with Crippen molar-refractivity contribution in [3.63, 3.8) is 0 Å². The highest BCUT2D eigenvalue weighted by molar-refractivity contribution is 7.09. The summed E-state index contributed by atoms with van der Waals surface area (Å²) in [5.74, 6) is 0.767. The van der Waals surface area contributed by atoms with Crippen LogP contribution in [-0.2, 0) is 6.54 Å². The van der Waals surface area contributed by atoms with Crippen molar-refractivity contribution in [3.05, 3.63) is 63.9 Å². The van der Waals surface area contributed by atoms with Crippen molar-refractivity contribution in [2.45, 2.75) is 6.54 Å². The quantitative estimate of drug-likeness (QED) is 0.615. The standard InChI is InChI=1S/C22H23ClN4O2S/c1-29-19-8-6-18(7-9-19)24-22(28)27-12-10-26(11-13-27)14-21-25-20(15-30-21)16-2-4-17(23)5-3-16/h2-9,15H,10-14H2,1H3,(H,24,28). The maximum Gasteiger partial charge on any atom is 0.321 e. The van der Waals surface area contributed by atoms with E-state index in [1.807, 2.05) is 53.4 Å². The lowest BCUT2D eigenvalue weighted by atomic mass is 10.2. The fraction of sp³-hybridized carbons (Fsp3) is 0.273. The highest BCUT2D eigenvalue weighted by atomic mass is 35.5. The van der Waals surface area contributed by atoms with Gasteiger partial charge in [0, 0.05) is 47.8 Å². The summed E-state index contributed by atoms with van der Waals surface area (Å²) in [6.07, 6.45) is 0. The van der Waals surface area contributed by atoms with Crippen LogP contribution in [0.1, 0.15) is 5.01 Å². The largest absolute Gasteiger partial charge is 0.497 e. The molecule has 0 unspecified atom stereocenters. The monoisotopic (exact) mass is 442 g/mol. The molecule has 30 heavy (non-hydrogen) atoms. The molecule has 0 atom stereocenters. The van der Waals surface area contributed by atoms with Crippen LogP contribution in [0, 0.1) is 0 Å². The number of ether oxygens (including phenoxy) is 1. The van der Waals surface area contributed by atoms with Crippen LogP contribution < -0.4 is 10.1 Å². The third-order valence-electron chi connectivity index (χ3n) is 5.05. The van der Waals surface area contributed by atoms with E-state index in [0.29, 0.717) is 13.1 Å². The lowest BCUT2D eigenvalue weighted by Gasteiger charge is -2.34. The number of carbonyl (C=O) groups is 1. The van der Waals surface area contributed by atoms with Gasteiger partial charge >= 0.3 is 6.03 Å². The smallest absolute Gasteiger partial charge is 0.321 e. The summed E-state index contributed by atoms with van der Waals surface area (Å²) >= 11 is 7.63. The highest BCUT2D eigenvalue weighted by Gasteiger charge is 2.22. The highest BCUT2D eigenvalue weighted by Crippen LogP contribution is 2.24. The minimum Gasteiger partial charge on any atom is -0.497 e. The summed E-state index contributed by atoms with van der Waals surface area (Å²) in [4.78, 5) is 21.5. The van der Waals surface area contributed by atoms with Crippen LogP contribution >= 0.6 is 22.9 Å². The van der Waals surface area contributed by atoms with E-state index in [1.165, 1.54) is 0 Å². The molecule has 3 aromatic rings. The Kier molecular flexibility index (Phi) is 6.52. The maximum absolute atomic E-state index is 12.5. The van der Waals surface area contributed by atoms with E-state index >= 15 is 0 Å². The van der Waals surface area contributed by atoms with Crippen LogP contribution in [0.25, 0.3) is 11.3 Å². The number of methoxy groups -OCH3 is 1. The Morgan fingerprint density at radius 2 is 1.80 bits per heavy atom. The van der Waals surface area contributed by atoms with Gasteiger partial charge in [-0.1, -0.05) is 23.7 Å². The number of urea groups is 1. The molecule has 1 aliphatic rings. The van der Waals surface area contributed by atoms with E-state index < -0.39 is 0 Å². The molecule has 1 aliphatic heterocycles. The van der Waals surface area contributed by atoms with Gasteiger partial charge in [0.1, 0.15) is 10.8 Å². The predicted octanol–water partition coefficient (Wildman–Crippen LogP) is 4.82. The molecule has 4 rings (SSSR count). The number of nitrogens with zero attached hydrogens (tertiary/aromatic N) is 3. The summed E-state index contributed by atoms with van der Waals surface area (Å²) < 4.78 is 5.14. The predicted molar refractivity (Wildman–Crippen MR) is 121 cm³/mol. The summed E-state index contributed by atoms with van der Waals surface area (Å²) in [6.45, 7) is 3.83. The van der Waals surface area contributed by atoms with Gasteiger partial charge in [0.15, 0.2) is 0 Å². The number of benzene rings is 2. The second-order valence-electron chi connectivity index (χ2n) is 7.06. The van der Waals surface area contributed by atoms with Crippen LogP contribution in [0.4, 0.5) is 10.5 Å². The fourth-order valence-corrected chi connectivity index (χ4v) is 4.28. The summed E-state index contributed by atoms with van der Waals surface area (Å²) in [5, 5.41) is 6.83. The minimum absolute atomic E-state index is 0.0703. The van der Waals surface area contributed by atoms with E-state index in [4.69, 9.17) is 21.3 Å². The zero-order valence-corrected chi connectivity index (χ0v) is 18.2. The number of aromatic nitrogens is 1. The lowest BCUT2D eigenvalue weighted by Crippen LogP contribution is -2.49. The number of rotatable bonds is 5. The van der Waals surface area contributed by atoms with E-state index in [2.05, 4.69) is 15.6 Å². The number of thiazole rings is 1. The van der Waals surface area contributed by atoms with Crippen molar-refractivity contribution in [2.75, 3.05) is 38.6 Å². The average molecular weight is 443 g/mol. The molecular weight excluding hydrogens is 420 g/mol. The molecule has 2 aromatic carbocycles. The second kappa shape index (κ2) is 9.47. The molecule has 0 saturated carbocycles. The topological polar surface area (TPSA) is 57.7 Å². The van der Waals surface area contributed by atoms with Crippen molar-refractivity contribution in [3.8, 4) is 17.0 Å². The maximum atomic E-state index is 12.5. The van der Waals surface area contributed by atoms with Gasteiger partial charge in [0.2, 0.25) is 0 Å².